The molecule has 0 amide bonds. The Balaban J connectivity index is 1.21. The maximum absolute atomic E-state index is 2.51. The molecule has 0 fully saturated rings. The minimum atomic E-state index is 1.27. The highest BCUT2D eigenvalue weighted by atomic mass is 32.1. The molecule has 0 aliphatic carbocycles. The van der Waals surface area contributed by atoms with Crippen molar-refractivity contribution in [3.8, 4) is 20.9 Å². The quantitative estimate of drug-likeness (QED) is 0.122. The third-order valence-corrected chi connectivity index (χ3v) is 14.6. The van der Waals surface area contributed by atoms with Gasteiger partial charge in [-0.2, -0.15) is 0 Å². The van der Waals surface area contributed by atoms with E-state index < -0.39 is 0 Å². The van der Waals surface area contributed by atoms with Crippen LogP contribution in [0.25, 0.3) is 127 Å². The fraction of sp³-hybridized carbons (Fsp3) is 0. The molecule has 0 unspecified atom stereocenters. The van der Waals surface area contributed by atoms with Gasteiger partial charge in [0.05, 0.1) is 0 Å². The van der Waals surface area contributed by atoms with Gasteiger partial charge in [0.25, 0.3) is 0 Å². The predicted octanol–water partition coefficient (Wildman–Crippen LogP) is 16.7. The third kappa shape index (κ3) is 4.18. The molecule has 0 aliphatic rings. The van der Waals surface area contributed by atoms with E-state index in [1.165, 1.54) is 127 Å². The molecular formula is C54H30S2. The Kier molecular flexibility index (Phi) is 6.29. The van der Waals surface area contributed by atoms with Crippen LogP contribution in [0.2, 0.25) is 0 Å². The minimum absolute atomic E-state index is 1.27. The van der Waals surface area contributed by atoms with Crippen molar-refractivity contribution in [2.24, 2.45) is 0 Å². The highest BCUT2D eigenvalue weighted by Gasteiger charge is 2.23. The van der Waals surface area contributed by atoms with E-state index >= 15 is 0 Å². The molecule has 0 bridgehead atoms. The molecule has 2 heteroatoms. The summed E-state index contributed by atoms with van der Waals surface area (Å²) in [4.78, 5) is 2.62. The highest BCUT2D eigenvalue weighted by molar-refractivity contribution is 7.24. The van der Waals surface area contributed by atoms with Crippen molar-refractivity contribution < 1.29 is 0 Å². The van der Waals surface area contributed by atoms with E-state index in [-0.39, 0.29) is 0 Å². The van der Waals surface area contributed by atoms with E-state index in [1.54, 1.807) is 0 Å². The first-order valence-corrected chi connectivity index (χ1v) is 20.9. The zero-order valence-corrected chi connectivity index (χ0v) is 31.8. The van der Waals surface area contributed by atoms with Crippen molar-refractivity contribution >= 4 is 129 Å². The molecule has 11 aromatic carbocycles. The Morgan fingerprint density at radius 3 is 1.07 bits per heavy atom. The maximum Gasteiger partial charge on any atom is 0.0434 e. The molecule has 0 atom stereocenters. The molecule has 56 heavy (non-hydrogen) atoms. The van der Waals surface area contributed by atoms with Crippen LogP contribution in [0.3, 0.4) is 0 Å². The van der Waals surface area contributed by atoms with Gasteiger partial charge in [-0.25, -0.2) is 0 Å². The second kappa shape index (κ2) is 11.5. The van der Waals surface area contributed by atoms with Crippen LogP contribution in [0.1, 0.15) is 0 Å². The van der Waals surface area contributed by atoms with Crippen LogP contribution in [-0.4, -0.2) is 0 Å². The van der Waals surface area contributed by atoms with E-state index in [0.717, 1.165) is 0 Å². The topological polar surface area (TPSA) is 0 Å². The van der Waals surface area contributed by atoms with E-state index in [2.05, 4.69) is 182 Å². The molecule has 2 aromatic heterocycles. The predicted molar refractivity (Wildman–Crippen MR) is 248 cm³/mol. The second-order valence-electron chi connectivity index (χ2n) is 15.1. The van der Waals surface area contributed by atoms with E-state index in [4.69, 9.17) is 0 Å². The van der Waals surface area contributed by atoms with Crippen LogP contribution < -0.4 is 0 Å². The van der Waals surface area contributed by atoms with Gasteiger partial charge in [-0.1, -0.05) is 158 Å². The van der Waals surface area contributed by atoms with Crippen LogP contribution in [-0.2, 0) is 0 Å². The fourth-order valence-electron chi connectivity index (χ4n) is 9.78. The second-order valence-corrected chi connectivity index (χ2v) is 17.2. The normalized spacial score (nSPS) is 12.3. The Hall–Kier alpha value is -6.58. The van der Waals surface area contributed by atoms with Crippen molar-refractivity contribution in [1.82, 2.24) is 0 Å². The lowest BCUT2D eigenvalue weighted by Gasteiger charge is -2.17. The van der Waals surface area contributed by atoms with Gasteiger partial charge in [-0.15, -0.1) is 22.7 Å². The SMILES string of the molecule is c1ccc2c(c1)ccc1cc3c(-c4cc5c6ccccc6c6ccccc6c5s4)c4ccccc4c(-c4cc5c6ccccc6c6ccccc6c5s4)c3cc12. The molecule has 0 N–H and O–H groups in total. The molecule has 0 spiro atoms. The van der Waals surface area contributed by atoms with Gasteiger partial charge < -0.3 is 0 Å². The molecule has 0 nitrogen and oxygen atoms in total. The van der Waals surface area contributed by atoms with Gasteiger partial charge >= 0.3 is 0 Å². The van der Waals surface area contributed by atoms with Gasteiger partial charge in [-0.3, -0.25) is 0 Å². The molecule has 13 aromatic rings. The molecule has 13 rings (SSSR count). The summed E-state index contributed by atoms with van der Waals surface area (Å²) in [7, 11) is 0. The van der Waals surface area contributed by atoms with E-state index in [9.17, 15) is 0 Å². The smallest absolute Gasteiger partial charge is 0.0434 e. The van der Waals surface area contributed by atoms with Crippen LogP contribution in [0, 0.1) is 0 Å². The van der Waals surface area contributed by atoms with Crippen LogP contribution in [0.15, 0.2) is 182 Å². The molecular weight excluding hydrogens is 713 g/mol. The zero-order valence-electron chi connectivity index (χ0n) is 30.1. The highest BCUT2D eigenvalue weighted by Crippen LogP contribution is 2.52. The molecule has 0 aliphatic heterocycles. The van der Waals surface area contributed by atoms with Crippen LogP contribution in [0.4, 0.5) is 0 Å². The van der Waals surface area contributed by atoms with Crippen LogP contribution >= 0.6 is 22.7 Å². The number of hydrogen-bond donors (Lipinski definition) is 0. The summed E-state index contributed by atoms with van der Waals surface area (Å²) in [5, 5.41) is 23.5. The lowest BCUT2D eigenvalue weighted by Crippen LogP contribution is -1.89. The zero-order chi connectivity index (χ0) is 36.5. The minimum Gasteiger partial charge on any atom is -0.134 e. The number of rotatable bonds is 2. The molecule has 0 radical (unpaired) electrons. The number of fused-ring (bicyclic) bond motifs is 17. The van der Waals surface area contributed by atoms with Gasteiger partial charge in [-0.05, 0) is 99.7 Å². The Labute approximate surface area is 330 Å². The Morgan fingerprint density at radius 1 is 0.214 bits per heavy atom. The molecule has 2 heterocycles. The van der Waals surface area contributed by atoms with Crippen molar-refractivity contribution in [2.45, 2.75) is 0 Å². The Bertz CT molecular complexity index is 3680. The molecule has 0 saturated heterocycles. The summed E-state index contributed by atoms with van der Waals surface area (Å²) in [6.45, 7) is 0. The monoisotopic (exact) mass is 742 g/mol. The third-order valence-electron chi connectivity index (χ3n) is 12.2. The number of benzene rings is 11. The van der Waals surface area contributed by atoms with E-state index in [1.807, 2.05) is 22.7 Å². The van der Waals surface area contributed by atoms with E-state index in [0.29, 0.717) is 0 Å². The standard InChI is InChI=1S/C54H30S2/c1-2-14-33-31(13-1)25-26-32-27-45-46(28-44(32)33)52(50-30-48-39-20-6-4-16-35(39)37-18-8-12-24-43(37)54(48)56-50)41-22-10-9-21-40(41)51(45)49-29-47-38-19-5-3-15-34(38)36-17-7-11-23-42(36)53(47)55-49/h1-30H. The van der Waals surface area contributed by atoms with Crippen molar-refractivity contribution in [3.63, 3.8) is 0 Å². The largest absolute Gasteiger partial charge is 0.134 e. The summed E-state index contributed by atoms with van der Waals surface area (Å²) >= 11 is 3.89. The summed E-state index contributed by atoms with van der Waals surface area (Å²) in [5.41, 5.74) is 2.64. The van der Waals surface area contributed by atoms with Crippen molar-refractivity contribution in [3.05, 3.63) is 182 Å². The summed E-state index contributed by atoms with van der Waals surface area (Å²) in [6.07, 6.45) is 0. The summed E-state index contributed by atoms with van der Waals surface area (Å²) in [5.74, 6) is 0. The first kappa shape index (κ1) is 30.7. The lowest BCUT2D eigenvalue weighted by molar-refractivity contribution is 1.76. The van der Waals surface area contributed by atoms with Crippen molar-refractivity contribution in [2.75, 3.05) is 0 Å². The average molecular weight is 743 g/mol. The van der Waals surface area contributed by atoms with Gasteiger partial charge in [0, 0.05) is 51.8 Å². The fourth-order valence-corrected chi connectivity index (χ4v) is 12.3. The molecule has 258 valence electrons. The van der Waals surface area contributed by atoms with Gasteiger partial charge in [0.15, 0.2) is 0 Å². The van der Waals surface area contributed by atoms with Gasteiger partial charge in [0.2, 0.25) is 0 Å². The number of thiophene rings is 2. The Morgan fingerprint density at radius 2 is 0.571 bits per heavy atom. The van der Waals surface area contributed by atoms with Crippen molar-refractivity contribution in [1.29, 1.82) is 0 Å². The maximum atomic E-state index is 2.51. The van der Waals surface area contributed by atoms with Gasteiger partial charge in [0.1, 0.15) is 0 Å². The first-order valence-electron chi connectivity index (χ1n) is 19.3. The lowest BCUT2D eigenvalue weighted by atomic mass is 9.87. The summed E-state index contributed by atoms with van der Waals surface area (Å²) < 4.78 is 2.70. The number of hydrogen-bond acceptors (Lipinski definition) is 2. The van der Waals surface area contributed by atoms with Crippen LogP contribution in [0.5, 0.6) is 0 Å². The molecule has 0 saturated carbocycles. The first-order chi connectivity index (χ1) is 27.8. The average Bonchev–Trinajstić information content (AvgIpc) is 3.91. The summed E-state index contributed by atoms with van der Waals surface area (Å²) in [6, 6.07) is 68.3.